The van der Waals surface area contributed by atoms with Crippen LogP contribution in [0.15, 0.2) is 41.3 Å². The number of pyridine rings is 1. The van der Waals surface area contributed by atoms with Crippen LogP contribution in [0.25, 0.3) is 10.9 Å². The van der Waals surface area contributed by atoms with E-state index < -0.39 is 11.2 Å². The minimum Gasteiger partial charge on any atom is -0.444 e. The van der Waals surface area contributed by atoms with Crippen LogP contribution in [0.2, 0.25) is 0 Å². The molecule has 1 aromatic carbocycles. The highest BCUT2D eigenvalue weighted by atomic mass is 16.6. The van der Waals surface area contributed by atoms with Crippen LogP contribution in [0.3, 0.4) is 0 Å². The molecule has 1 saturated heterocycles. The second-order valence-corrected chi connectivity index (χ2v) is 11.1. The fourth-order valence-corrected chi connectivity index (χ4v) is 4.77. The number of rotatable bonds is 5. The van der Waals surface area contributed by atoms with Crippen molar-refractivity contribution >= 4 is 28.5 Å². The average Bonchev–Trinajstić information content (AvgIpc) is 3.18. The first-order valence-corrected chi connectivity index (χ1v) is 12.5. The second kappa shape index (κ2) is 9.28. The summed E-state index contributed by atoms with van der Waals surface area (Å²) >= 11 is 0. The van der Waals surface area contributed by atoms with Gasteiger partial charge in [0.05, 0.1) is 16.7 Å². The SMILES string of the molecule is CCC1(n2nc(Nc3ccc(C(C)(C)O)cc3)c3c(=O)[nH]ccc32)CCN(C(=O)OC(C)(C)C)CC1. The molecule has 0 bridgehead atoms. The van der Waals surface area contributed by atoms with Gasteiger partial charge in [0.1, 0.15) is 11.0 Å². The zero-order valence-electron chi connectivity index (χ0n) is 22.0. The first-order valence-electron chi connectivity index (χ1n) is 12.5. The van der Waals surface area contributed by atoms with Crippen molar-refractivity contribution in [2.45, 2.75) is 77.5 Å². The van der Waals surface area contributed by atoms with Gasteiger partial charge in [0, 0.05) is 25.0 Å². The molecule has 194 valence electrons. The van der Waals surface area contributed by atoms with E-state index in [1.54, 1.807) is 24.9 Å². The number of benzene rings is 1. The fourth-order valence-electron chi connectivity index (χ4n) is 4.77. The average molecular weight is 496 g/mol. The van der Waals surface area contributed by atoms with Crippen LogP contribution < -0.4 is 10.9 Å². The number of piperidine rings is 1. The van der Waals surface area contributed by atoms with Gasteiger partial charge in [-0.25, -0.2) is 4.79 Å². The van der Waals surface area contributed by atoms with E-state index in [-0.39, 0.29) is 17.2 Å². The van der Waals surface area contributed by atoms with Gasteiger partial charge in [-0.05, 0) is 77.6 Å². The van der Waals surface area contributed by atoms with Crippen LogP contribution in [0, 0.1) is 0 Å². The number of fused-ring (bicyclic) bond motifs is 1. The van der Waals surface area contributed by atoms with E-state index in [4.69, 9.17) is 9.84 Å². The van der Waals surface area contributed by atoms with E-state index in [1.165, 1.54) is 0 Å². The van der Waals surface area contributed by atoms with E-state index in [9.17, 15) is 14.7 Å². The first kappa shape index (κ1) is 25.8. The maximum atomic E-state index is 12.9. The number of H-pyrrole nitrogens is 1. The Hall–Kier alpha value is -3.33. The zero-order chi connectivity index (χ0) is 26.3. The molecule has 1 fully saturated rings. The number of carbonyl (C=O) groups is 1. The molecule has 36 heavy (non-hydrogen) atoms. The molecular weight excluding hydrogens is 458 g/mol. The van der Waals surface area contributed by atoms with Crippen molar-refractivity contribution in [1.29, 1.82) is 0 Å². The molecule has 1 aliphatic heterocycles. The Morgan fingerprint density at radius 3 is 2.33 bits per heavy atom. The Balaban J connectivity index is 1.66. The number of aromatic nitrogens is 3. The molecule has 4 rings (SSSR count). The van der Waals surface area contributed by atoms with E-state index >= 15 is 0 Å². The normalized spacial score (nSPS) is 16.2. The van der Waals surface area contributed by atoms with Gasteiger partial charge in [-0.15, -0.1) is 0 Å². The molecule has 0 unspecified atom stereocenters. The predicted molar refractivity (Wildman–Crippen MR) is 141 cm³/mol. The van der Waals surface area contributed by atoms with Crippen LogP contribution in [-0.4, -0.2) is 49.6 Å². The summed E-state index contributed by atoms with van der Waals surface area (Å²) in [6, 6.07) is 9.32. The topological polar surface area (TPSA) is 112 Å². The summed E-state index contributed by atoms with van der Waals surface area (Å²) in [5.74, 6) is 0.477. The van der Waals surface area contributed by atoms with Crippen LogP contribution in [0.4, 0.5) is 16.3 Å². The summed E-state index contributed by atoms with van der Waals surface area (Å²) in [7, 11) is 0. The quantitative estimate of drug-likeness (QED) is 0.467. The van der Waals surface area contributed by atoms with Gasteiger partial charge in [-0.1, -0.05) is 19.1 Å². The number of carbonyl (C=O) groups excluding carboxylic acids is 1. The van der Waals surface area contributed by atoms with Gasteiger partial charge in [-0.2, -0.15) is 5.10 Å². The number of anilines is 2. The summed E-state index contributed by atoms with van der Waals surface area (Å²) in [4.78, 5) is 30.0. The van der Waals surface area contributed by atoms with Crippen LogP contribution in [0.5, 0.6) is 0 Å². The summed E-state index contributed by atoms with van der Waals surface area (Å²) in [6.07, 6.45) is 3.55. The molecule has 0 spiro atoms. The number of nitrogens with zero attached hydrogens (tertiary/aromatic N) is 3. The lowest BCUT2D eigenvalue weighted by molar-refractivity contribution is 0.0101. The second-order valence-electron chi connectivity index (χ2n) is 11.1. The number of nitrogens with one attached hydrogen (secondary N) is 2. The largest absolute Gasteiger partial charge is 0.444 e. The number of aromatic amines is 1. The number of hydrogen-bond acceptors (Lipinski definition) is 6. The number of aliphatic hydroxyl groups is 1. The van der Waals surface area contributed by atoms with Gasteiger partial charge in [0.2, 0.25) is 0 Å². The van der Waals surface area contributed by atoms with Gasteiger partial charge >= 0.3 is 6.09 Å². The van der Waals surface area contributed by atoms with E-state index in [0.717, 1.165) is 23.2 Å². The van der Waals surface area contributed by atoms with E-state index in [2.05, 4.69) is 17.2 Å². The molecule has 0 saturated carbocycles. The molecule has 2 aromatic heterocycles. The zero-order valence-corrected chi connectivity index (χ0v) is 22.0. The number of ether oxygens (including phenoxy) is 1. The summed E-state index contributed by atoms with van der Waals surface area (Å²) in [5, 5.41) is 19.0. The van der Waals surface area contributed by atoms with Crippen molar-refractivity contribution < 1.29 is 14.6 Å². The molecule has 3 heterocycles. The molecule has 1 aliphatic rings. The highest BCUT2D eigenvalue weighted by Gasteiger charge is 2.39. The highest BCUT2D eigenvalue weighted by molar-refractivity contribution is 5.91. The Labute approximate surface area is 211 Å². The Bertz CT molecular complexity index is 1290. The van der Waals surface area contributed by atoms with Gasteiger partial charge in [0.25, 0.3) is 5.56 Å². The third kappa shape index (κ3) is 5.11. The van der Waals surface area contributed by atoms with Crippen LogP contribution >= 0.6 is 0 Å². The molecule has 3 N–H and O–H groups in total. The fraction of sp³-hybridized carbons (Fsp3) is 0.519. The maximum Gasteiger partial charge on any atom is 0.410 e. The van der Waals surface area contributed by atoms with Crippen molar-refractivity contribution in [2.24, 2.45) is 0 Å². The molecule has 1 amide bonds. The van der Waals surface area contributed by atoms with Gasteiger partial charge < -0.3 is 25.0 Å². The lowest BCUT2D eigenvalue weighted by Crippen LogP contribution is -2.49. The minimum absolute atomic E-state index is 0.216. The standard InChI is InChI=1S/C27H37N5O4/c1-7-27(13-16-31(17-14-27)24(34)36-25(2,3)4)32-20-12-15-28-23(33)21(20)22(30-32)29-19-10-8-18(9-11-19)26(5,6)35/h8-12,15,35H,7,13-14,16-17H2,1-6H3,(H,28,33)(H,29,30). The molecular formula is C27H37N5O4. The lowest BCUT2D eigenvalue weighted by Gasteiger charge is -2.42. The Kier molecular flexibility index (Phi) is 6.64. The molecule has 0 radical (unpaired) electrons. The van der Waals surface area contributed by atoms with Gasteiger partial charge in [-0.3, -0.25) is 9.48 Å². The smallest absolute Gasteiger partial charge is 0.410 e. The minimum atomic E-state index is -0.939. The van der Waals surface area contributed by atoms with Crippen molar-refractivity contribution in [2.75, 3.05) is 18.4 Å². The van der Waals surface area contributed by atoms with Crippen molar-refractivity contribution in [3.63, 3.8) is 0 Å². The summed E-state index contributed by atoms with van der Waals surface area (Å²) in [6.45, 7) is 12.3. The van der Waals surface area contributed by atoms with Crippen molar-refractivity contribution in [3.8, 4) is 0 Å². The Morgan fingerprint density at radius 2 is 1.78 bits per heavy atom. The van der Waals surface area contributed by atoms with Crippen molar-refractivity contribution in [1.82, 2.24) is 19.7 Å². The molecule has 3 aromatic rings. The number of amides is 1. The van der Waals surface area contributed by atoms with Crippen LogP contribution in [-0.2, 0) is 15.9 Å². The number of hydrogen-bond donors (Lipinski definition) is 3. The first-order chi connectivity index (χ1) is 16.8. The molecule has 9 nitrogen and oxygen atoms in total. The maximum absolute atomic E-state index is 12.9. The molecule has 0 aliphatic carbocycles. The summed E-state index contributed by atoms with van der Waals surface area (Å²) < 4.78 is 7.53. The monoisotopic (exact) mass is 495 g/mol. The lowest BCUT2D eigenvalue weighted by atomic mass is 9.85. The van der Waals surface area contributed by atoms with E-state index in [1.807, 2.05) is 55.8 Å². The third-order valence-electron chi connectivity index (χ3n) is 6.91. The summed E-state index contributed by atoms with van der Waals surface area (Å²) in [5.41, 5.74) is 0.280. The predicted octanol–water partition coefficient (Wildman–Crippen LogP) is 4.83. The molecule has 9 heteroatoms. The highest BCUT2D eigenvalue weighted by Crippen LogP contribution is 2.38. The molecule has 0 atom stereocenters. The third-order valence-corrected chi connectivity index (χ3v) is 6.91. The number of likely N-dealkylation sites (tertiary alicyclic amines) is 1. The Morgan fingerprint density at radius 1 is 1.14 bits per heavy atom. The van der Waals surface area contributed by atoms with E-state index in [0.29, 0.717) is 37.1 Å². The van der Waals surface area contributed by atoms with Crippen LogP contribution in [0.1, 0.15) is 66.4 Å². The van der Waals surface area contributed by atoms with Crippen molar-refractivity contribution in [3.05, 3.63) is 52.4 Å². The van der Waals surface area contributed by atoms with Gasteiger partial charge in [0.15, 0.2) is 5.82 Å².